The molecule has 0 fully saturated rings. The van der Waals surface area contributed by atoms with Crippen LogP contribution in [0.3, 0.4) is 0 Å². The van der Waals surface area contributed by atoms with E-state index in [9.17, 15) is 0 Å². The summed E-state index contributed by atoms with van der Waals surface area (Å²) < 4.78 is 5.41. The van der Waals surface area contributed by atoms with Crippen molar-refractivity contribution < 1.29 is 4.42 Å². The highest BCUT2D eigenvalue weighted by atomic mass is 16.4. The quantitative estimate of drug-likeness (QED) is 0.674. The van der Waals surface area contributed by atoms with Crippen LogP contribution in [-0.2, 0) is 6.54 Å². The Morgan fingerprint density at radius 2 is 2.13 bits per heavy atom. The summed E-state index contributed by atoms with van der Waals surface area (Å²) in [5.74, 6) is 0.634. The molecule has 0 aliphatic heterocycles. The molecule has 5 nitrogen and oxygen atoms in total. The lowest BCUT2D eigenvalue weighted by molar-refractivity contribution is 0.473. The third kappa shape index (κ3) is 4.29. The summed E-state index contributed by atoms with van der Waals surface area (Å²) in [6.45, 7) is 7.92. The molecular formula is C10H20N4O. The molecule has 0 amide bonds. The SMILES string of the molecule is CCCNCc1nnc(NC(C)CC)o1. The normalized spacial score (nSPS) is 12.7. The minimum Gasteiger partial charge on any atom is -0.407 e. The molecule has 0 bridgehead atoms. The first kappa shape index (κ1) is 12.0. The summed E-state index contributed by atoms with van der Waals surface area (Å²) in [6.07, 6.45) is 2.14. The van der Waals surface area contributed by atoms with Gasteiger partial charge in [-0.1, -0.05) is 18.9 Å². The van der Waals surface area contributed by atoms with Crippen LogP contribution in [0, 0.1) is 0 Å². The van der Waals surface area contributed by atoms with Gasteiger partial charge in [0.2, 0.25) is 5.89 Å². The van der Waals surface area contributed by atoms with Gasteiger partial charge in [0.1, 0.15) is 0 Å². The first-order valence-electron chi connectivity index (χ1n) is 5.55. The molecule has 0 spiro atoms. The highest BCUT2D eigenvalue weighted by Crippen LogP contribution is 2.07. The zero-order valence-electron chi connectivity index (χ0n) is 9.71. The molecule has 1 rings (SSSR count). The minimum absolute atomic E-state index is 0.363. The van der Waals surface area contributed by atoms with Gasteiger partial charge in [-0.3, -0.25) is 0 Å². The number of hydrogen-bond donors (Lipinski definition) is 2. The van der Waals surface area contributed by atoms with Crippen molar-refractivity contribution in [2.45, 2.75) is 46.2 Å². The molecule has 1 aromatic rings. The maximum atomic E-state index is 5.41. The van der Waals surface area contributed by atoms with Crippen LogP contribution in [0.5, 0.6) is 0 Å². The average Bonchev–Trinajstić information content (AvgIpc) is 2.66. The van der Waals surface area contributed by atoms with E-state index in [1.165, 1.54) is 0 Å². The van der Waals surface area contributed by atoms with Crippen molar-refractivity contribution in [1.82, 2.24) is 15.5 Å². The summed E-state index contributed by atoms with van der Waals surface area (Å²) >= 11 is 0. The van der Waals surface area contributed by atoms with Crippen molar-refractivity contribution in [3.63, 3.8) is 0 Å². The monoisotopic (exact) mass is 212 g/mol. The molecule has 0 saturated heterocycles. The van der Waals surface area contributed by atoms with E-state index in [4.69, 9.17) is 4.42 Å². The summed E-state index contributed by atoms with van der Waals surface area (Å²) in [5.41, 5.74) is 0. The van der Waals surface area contributed by atoms with Crippen LogP contribution in [0.4, 0.5) is 6.01 Å². The Kier molecular flexibility index (Phi) is 5.10. The fourth-order valence-corrected chi connectivity index (χ4v) is 1.07. The van der Waals surface area contributed by atoms with Gasteiger partial charge in [0.15, 0.2) is 0 Å². The fourth-order valence-electron chi connectivity index (χ4n) is 1.07. The van der Waals surface area contributed by atoms with E-state index in [2.05, 4.69) is 41.6 Å². The summed E-state index contributed by atoms with van der Waals surface area (Å²) in [6, 6.07) is 0.875. The van der Waals surface area contributed by atoms with E-state index in [0.717, 1.165) is 19.4 Å². The van der Waals surface area contributed by atoms with Crippen LogP contribution in [0.15, 0.2) is 4.42 Å². The van der Waals surface area contributed by atoms with Crippen molar-refractivity contribution in [2.75, 3.05) is 11.9 Å². The molecule has 0 saturated carbocycles. The predicted molar refractivity (Wildman–Crippen MR) is 59.7 cm³/mol. The molecule has 0 aliphatic rings. The van der Waals surface area contributed by atoms with Gasteiger partial charge in [0.25, 0.3) is 0 Å². The lowest BCUT2D eigenvalue weighted by Gasteiger charge is -2.06. The van der Waals surface area contributed by atoms with Gasteiger partial charge >= 0.3 is 6.01 Å². The van der Waals surface area contributed by atoms with Gasteiger partial charge in [-0.2, -0.15) is 0 Å². The number of aromatic nitrogens is 2. The third-order valence-electron chi connectivity index (χ3n) is 2.15. The molecular weight excluding hydrogens is 192 g/mol. The van der Waals surface area contributed by atoms with Crippen molar-refractivity contribution in [1.29, 1.82) is 0 Å². The molecule has 2 N–H and O–H groups in total. The molecule has 1 heterocycles. The van der Waals surface area contributed by atoms with Crippen LogP contribution in [0.1, 0.15) is 39.5 Å². The second kappa shape index (κ2) is 6.40. The fraction of sp³-hybridized carbons (Fsp3) is 0.800. The second-order valence-electron chi connectivity index (χ2n) is 3.63. The van der Waals surface area contributed by atoms with Crippen LogP contribution >= 0.6 is 0 Å². The predicted octanol–water partition coefficient (Wildman–Crippen LogP) is 1.78. The highest BCUT2D eigenvalue weighted by molar-refractivity contribution is 5.18. The third-order valence-corrected chi connectivity index (χ3v) is 2.15. The highest BCUT2D eigenvalue weighted by Gasteiger charge is 2.06. The van der Waals surface area contributed by atoms with Gasteiger partial charge in [-0.05, 0) is 26.3 Å². The zero-order valence-corrected chi connectivity index (χ0v) is 9.71. The van der Waals surface area contributed by atoms with E-state index < -0.39 is 0 Å². The Hall–Kier alpha value is -1.10. The van der Waals surface area contributed by atoms with Crippen LogP contribution in [-0.4, -0.2) is 22.8 Å². The summed E-state index contributed by atoms with van der Waals surface area (Å²) in [7, 11) is 0. The number of nitrogens with one attached hydrogen (secondary N) is 2. The number of rotatable bonds is 7. The standard InChI is InChI=1S/C10H20N4O/c1-4-6-11-7-9-13-14-10(15-9)12-8(3)5-2/h8,11H,4-7H2,1-3H3,(H,12,14). The smallest absolute Gasteiger partial charge is 0.315 e. The molecule has 0 aliphatic carbocycles. The Bertz CT molecular complexity index is 274. The lowest BCUT2D eigenvalue weighted by atomic mass is 10.3. The number of nitrogens with zero attached hydrogens (tertiary/aromatic N) is 2. The first-order valence-corrected chi connectivity index (χ1v) is 5.55. The number of hydrogen-bond acceptors (Lipinski definition) is 5. The maximum Gasteiger partial charge on any atom is 0.315 e. The Labute approximate surface area is 90.7 Å². The zero-order chi connectivity index (χ0) is 11.1. The first-order chi connectivity index (χ1) is 7.26. The van der Waals surface area contributed by atoms with Crippen molar-refractivity contribution in [2.24, 2.45) is 0 Å². The Morgan fingerprint density at radius 3 is 2.80 bits per heavy atom. The van der Waals surface area contributed by atoms with Crippen molar-refractivity contribution in [3.8, 4) is 0 Å². The van der Waals surface area contributed by atoms with Gasteiger partial charge in [0, 0.05) is 6.04 Å². The van der Waals surface area contributed by atoms with Crippen LogP contribution < -0.4 is 10.6 Å². The van der Waals surface area contributed by atoms with E-state index in [1.807, 2.05) is 0 Å². The van der Waals surface area contributed by atoms with Gasteiger partial charge in [-0.15, -0.1) is 5.10 Å². The minimum atomic E-state index is 0.363. The molecule has 1 unspecified atom stereocenters. The van der Waals surface area contributed by atoms with Gasteiger partial charge in [0.05, 0.1) is 6.54 Å². The van der Waals surface area contributed by atoms with Gasteiger partial charge in [-0.25, -0.2) is 0 Å². The molecule has 15 heavy (non-hydrogen) atoms. The van der Waals surface area contributed by atoms with Crippen molar-refractivity contribution >= 4 is 6.01 Å². The van der Waals surface area contributed by atoms with E-state index >= 15 is 0 Å². The topological polar surface area (TPSA) is 63.0 Å². The average molecular weight is 212 g/mol. The summed E-state index contributed by atoms with van der Waals surface area (Å²) in [5, 5.41) is 14.2. The van der Waals surface area contributed by atoms with Gasteiger partial charge < -0.3 is 15.1 Å². The number of anilines is 1. The molecule has 5 heteroatoms. The largest absolute Gasteiger partial charge is 0.407 e. The van der Waals surface area contributed by atoms with Crippen LogP contribution in [0.25, 0.3) is 0 Å². The molecule has 1 aromatic heterocycles. The summed E-state index contributed by atoms with van der Waals surface area (Å²) in [4.78, 5) is 0. The Balaban J connectivity index is 2.35. The maximum absolute atomic E-state index is 5.41. The van der Waals surface area contributed by atoms with E-state index in [-0.39, 0.29) is 0 Å². The van der Waals surface area contributed by atoms with E-state index in [0.29, 0.717) is 24.5 Å². The second-order valence-corrected chi connectivity index (χ2v) is 3.63. The van der Waals surface area contributed by atoms with Crippen LogP contribution in [0.2, 0.25) is 0 Å². The molecule has 86 valence electrons. The molecule has 0 aromatic carbocycles. The lowest BCUT2D eigenvalue weighted by Crippen LogP contribution is -2.14. The molecule has 1 atom stereocenters. The molecule has 0 radical (unpaired) electrons. The van der Waals surface area contributed by atoms with E-state index in [1.54, 1.807) is 0 Å². The van der Waals surface area contributed by atoms with Crippen molar-refractivity contribution in [3.05, 3.63) is 5.89 Å². The Morgan fingerprint density at radius 1 is 1.33 bits per heavy atom.